The van der Waals surface area contributed by atoms with Gasteiger partial charge in [-0.05, 0) is 29.7 Å². The number of hydrogen-bond donors (Lipinski definition) is 1. The van der Waals surface area contributed by atoms with Crippen LogP contribution < -0.4 is 5.32 Å². The lowest BCUT2D eigenvalue weighted by atomic mass is 10.1. The standard InChI is InChI=1S/C12H13N3O2S/c1-9-2-3-13-6-11(9)7-14-5-10-4-12(15(16)17)18-8-10/h2-4,6,8,14H,5,7H2,1H3. The summed E-state index contributed by atoms with van der Waals surface area (Å²) in [4.78, 5) is 14.3. The number of aromatic nitrogens is 1. The van der Waals surface area contributed by atoms with Crippen LogP contribution in [0.2, 0.25) is 0 Å². The summed E-state index contributed by atoms with van der Waals surface area (Å²) in [6, 6.07) is 3.57. The Hall–Kier alpha value is -1.79. The number of hydrogen-bond acceptors (Lipinski definition) is 5. The summed E-state index contributed by atoms with van der Waals surface area (Å²) in [5, 5.41) is 15.8. The number of pyridine rings is 1. The van der Waals surface area contributed by atoms with Crippen LogP contribution in [-0.4, -0.2) is 9.91 Å². The van der Waals surface area contributed by atoms with E-state index in [1.54, 1.807) is 17.6 Å². The van der Waals surface area contributed by atoms with E-state index in [0.717, 1.165) is 22.5 Å². The molecule has 0 saturated heterocycles. The number of nitrogens with zero attached hydrogens (tertiary/aromatic N) is 2. The molecule has 18 heavy (non-hydrogen) atoms. The number of nitro groups is 1. The Morgan fingerprint density at radius 2 is 2.33 bits per heavy atom. The van der Waals surface area contributed by atoms with Gasteiger partial charge in [0.25, 0.3) is 0 Å². The van der Waals surface area contributed by atoms with E-state index in [1.807, 2.05) is 19.2 Å². The van der Waals surface area contributed by atoms with E-state index < -0.39 is 0 Å². The number of thiophene rings is 1. The Morgan fingerprint density at radius 3 is 3.00 bits per heavy atom. The van der Waals surface area contributed by atoms with Crippen LogP contribution in [0, 0.1) is 17.0 Å². The Kier molecular flexibility index (Phi) is 4.01. The highest BCUT2D eigenvalue weighted by atomic mass is 32.1. The van der Waals surface area contributed by atoms with Gasteiger partial charge in [0.2, 0.25) is 0 Å². The zero-order valence-corrected chi connectivity index (χ0v) is 10.7. The van der Waals surface area contributed by atoms with Crippen molar-refractivity contribution in [3.05, 3.63) is 56.7 Å². The highest BCUT2D eigenvalue weighted by Gasteiger charge is 2.09. The Labute approximate surface area is 109 Å². The molecular weight excluding hydrogens is 250 g/mol. The van der Waals surface area contributed by atoms with Crippen LogP contribution in [0.1, 0.15) is 16.7 Å². The molecule has 2 heterocycles. The first kappa shape index (κ1) is 12.7. The molecule has 0 spiro atoms. The Balaban J connectivity index is 1.88. The molecule has 0 unspecified atom stereocenters. The molecule has 0 bridgehead atoms. The van der Waals surface area contributed by atoms with E-state index in [2.05, 4.69) is 10.3 Å². The summed E-state index contributed by atoms with van der Waals surface area (Å²) in [6.07, 6.45) is 3.60. The van der Waals surface area contributed by atoms with Crippen LogP contribution in [0.15, 0.2) is 29.9 Å². The molecule has 0 saturated carbocycles. The lowest BCUT2D eigenvalue weighted by Crippen LogP contribution is -2.13. The second kappa shape index (κ2) is 5.70. The predicted molar refractivity (Wildman–Crippen MR) is 70.5 cm³/mol. The van der Waals surface area contributed by atoms with Gasteiger partial charge < -0.3 is 5.32 Å². The summed E-state index contributed by atoms with van der Waals surface area (Å²) in [5.41, 5.74) is 3.27. The number of aryl methyl sites for hydroxylation is 1. The second-order valence-corrected chi connectivity index (χ2v) is 4.85. The van der Waals surface area contributed by atoms with Crippen molar-refractivity contribution in [2.75, 3.05) is 0 Å². The molecule has 0 fully saturated rings. The highest BCUT2D eigenvalue weighted by Crippen LogP contribution is 2.22. The van der Waals surface area contributed by atoms with Crippen LogP contribution >= 0.6 is 11.3 Å². The minimum atomic E-state index is -0.362. The van der Waals surface area contributed by atoms with Crippen molar-refractivity contribution in [3.8, 4) is 0 Å². The van der Waals surface area contributed by atoms with Crippen molar-refractivity contribution in [2.24, 2.45) is 0 Å². The lowest BCUT2D eigenvalue weighted by molar-refractivity contribution is -0.380. The quantitative estimate of drug-likeness (QED) is 0.665. The van der Waals surface area contributed by atoms with Gasteiger partial charge in [0.15, 0.2) is 0 Å². The maximum atomic E-state index is 10.5. The van der Waals surface area contributed by atoms with Gasteiger partial charge in [-0.3, -0.25) is 15.1 Å². The van der Waals surface area contributed by atoms with Gasteiger partial charge in [-0.2, -0.15) is 0 Å². The van der Waals surface area contributed by atoms with Crippen LogP contribution in [0.25, 0.3) is 0 Å². The van der Waals surface area contributed by atoms with E-state index in [4.69, 9.17) is 0 Å². The first-order chi connectivity index (χ1) is 8.66. The number of rotatable bonds is 5. The molecular formula is C12H13N3O2S. The third-order valence-electron chi connectivity index (χ3n) is 2.61. The number of nitrogens with one attached hydrogen (secondary N) is 1. The summed E-state index contributed by atoms with van der Waals surface area (Å²) in [5.74, 6) is 0. The molecule has 0 atom stereocenters. The van der Waals surface area contributed by atoms with E-state index in [0.29, 0.717) is 13.1 Å². The molecule has 94 valence electrons. The largest absolute Gasteiger partial charge is 0.324 e. The molecule has 2 aromatic heterocycles. The fraction of sp³-hybridized carbons (Fsp3) is 0.250. The fourth-order valence-electron chi connectivity index (χ4n) is 1.57. The Bertz CT molecular complexity index is 554. The molecule has 0 aliphatic rings. The van der Waals surface area contributed by atoms with E-state index in [-0.39, 0.29) is 9.92 Å². The normalized spacial score (nSPS) is 10.5. The zero-order chi connectivity index (χ0) is 13.0. The van der Waals surface area contributed by atoms with Crippen molar-refractivity contribution in [3.63, 3.8) is 0 Å². The average molecular weight is 263 g/mol. The molecule has 2 rings (SSSR count). The smallest absolute Gasteiger partial charge is 0.309 e. The molecule has 0 aliphatic carbocycles. The molecule has 0 radical (unpaired) electrons. The average Bonchev–Trinajstić information content (AvgIpc) is 2.80. The SMILES string of the molecule is Cc1ccncc1CNCc1csc([N+](=O)[O-])c1. The molecule has 0 aromatic carbocycles. The molecule has 2 aromatic rings. The summed E-state index contributed by atoms with van der Waals surface area (Å²) >= 11 is 1.16. The van der Waals surface area contributed by atoms with Crippen molar-refractivity contribution in [2.45, 2.75) is 20.0 Å². The fourth-order valence-corrected chi connectivity index (χ4v) is 2.30. The molecule has 1 N–H and O–H groups in total. The van der Waals surface area contributed by atoms with Gasteiger partial charge in [-0.25, -0.2) is 0 Å². The van der Waals surface area contributed by atoms with Gasteiger partial charge in [0, 0.05) is 36.9 Å². The van der Waals surface area contributed by atoms with Crippen molar-refractivity contribution in [1.82, 2.24) is 10.3 Å². The second-order valence-electron chi connectivity index (χ2n) is 3.96. The zero-order valence-electron chi connectivity index (χ0n) is 9.92. The summed E-state index contributed by atoms with van der Waals surface area (Å²) in [6.45, 7) is 3.37. The molecule has 5 nitrogen and oxygen atoms in total. The van der Waals surface area contributed by atoms with E-state index >= 15 is 0 Å². The third kappa shape index (κ3) is 3.12. The molecule has 0 aliphatic heterocycles. The minimum absolute atomic E-state index is 0.185. The maximum Gasteiger partial charge on any atom is 0.324 e. The van der Waals surface area contributed by atoms with Gasteiger partial charge in [-0.1, -0.05) is 11.3 Å². The predicted octanol–water partition coefficient (Wildman–Crippen LogP) is 2.65. The maximum absolute atomic E-state index is 10.5. The van der Waals surface area contributed by atoms with Crippen molar-refractivity contribution >= 4 is 16.3 Å². The summed E-state index contributed by atoms with van der Waals surface area (Å²) < 4.78 is 0. The highest BCUT2D eigenvalue weighted by molar-refractivity contribution is 7.13. The van der Waals surface area contributed by atoms with E-state index in [1.165, 1.54) is 5.56 Å². The minimum Gasteiger partial charge on any atom is -0.309 e. The van der Waals surface area contributed by atoms with Gasteiger partial charge in [0.1, 0.15) is 0 Å². The van der Waals surface area contributed by atoms with Crippen LogP contribution in [0.3, 0.4) is 0 Å². The lowest BCUT2D eigenvalue weighted by Gasteiger charge is -2.05. The molecule has 0 amide bonds. The van der Waals surface area contributed by atoms with Crippen molar-refractivity contribution < 1.29 is 4.92 Å². The Morgan fingerprint density at radius 1 is 1.50 bits per heavy atom. The topological polar surface area (TPSA) is 68.1 Å². The molecule has 6 heteroatoms. The van der Waals surface area contributed by atoms with Gasteiger partial charge in [-0.15, -0.1) is 0 Å². The first-order valence-electron chi connectivity index (χ1n) is 5.49. The monoisotopic (exact) mass is 263 g/mol. The third-order valence-corrected chi connectivity index (χ3v) is 3.54. The van der Waals surface area contributed by atoms with Crippen LogP contribution in [0.4, 0.5) is 5.00 Å². The summed E-state index contributed by atoms with van der Waals surface area (Å²) in [7, 11) is 0. The van der Waals surface area contributed by atoms with Gasteiger partial charge in [0.05, 0.1) is 4.92 Å². The first-order valence-corrected chi connectivity index (χ1v) is 6.37. The van der Waals surface area contributed by atoms with Crippen LogP contribution in [-0.2, 0) is 13.1 Å². The van der Waals surface area contributed by atoms with Gasteiger partial charge >= 0.3 is 5.00 Å². The van der Waals surface area contributed by atoms with Crippen molar-refractivity contribution in [1.29, 1.82) is 0 Å². The van der Waals surface area contributed by atoms with Crippen LogP contribution in [0.5, 0.6) is 0 Å². The van der Waals surface area contributed by atoms with E-state index in [9.17, 15) is 10.1 Å².